The van der Waals surface area contributed by atoms with Gasteiger partial charge in [0, 0.05) is 17.0 Å². The van der Waals surface area contributed by atoms with E-state index in [0.29, 0.717) is 37.7 Å². The first-order valence-electron chi connectivity index (χ1n) is 12.6. The molecular weight excluding hydrogens is 460 g/mol. The average molecular weight is 502 g/mol. The molecule has 5 nitrogen and oxygen atoms in total. The molecule has 6 heteroatoms. The molecule has 1 aromatic heterocycles. The maximum absolute atomic E-state index is 10.3. The van der Waals surface area contributed by atoms with Crippen molar-refractivity contribution in [2.24, 2.45) is 0 Å². The van der Waals surface area contributed by atoms with E-state index in [0.717, 1.165) is 34.5 Å². The van der Waals surface area contributed by atoms with Crippen LogP contribution in [0.4, 0.5) is 0 Å². The van der Waals surface area contributed by atoms with E-state index in [1.54, 1.807) is 0 Å². The van der Waals surface area contributed by atoms with Crippen LogP contribution in [0.25, 0.3) is 22.3 Å². The molecule has 3 rings (SSSR count). The highest BCUT2D eigenvalue weighted by Gasteiger charge is 2.39. The topological polar surface area (TPSA) is 72.1 Å². The van der Waals surface area contributed by atoms with Crippen LogP contribution in [-0.4, -0.2) is 45.6 Å². The molecule has 3 unspecified atom stereocenters. The van der Waals surface area contributed by atoms with E-state index in [4.69, 9.17) is 13.3 Å². The van der Waals surface area contributed by atoms with Crippen LogP contribution in [0.1, 0.15) is 60.3 Å². The Labute approximate surface area is 213 Å². The van der Waals surface area contributed by atoms with Crippen molar-refractivity contribution < 1.29 is 23.6 Å². The third-order valence-corrected chi connectivity index (χ3v) is 8.28. The molecule has 192 valence electrons. The largest absolute Gasteiger partial charge is 0.493 e. The van der Waals surface area contributed by atoms with Crippen molar-refractivity contribution in [2.75, 3.05) is 13.2 Å². The van der Waals surface area contributed by atoms with E-state index in [1.807, 2.05) is 54.6 Å². The van der Waals surface area contributed by atoms with Gasteiger partial charge in [0.25, 0.3) is 0 Å². The van der Waals surface area contributed by atoms with Crippen LogP contribution in [0.5, 0.6) is 5.75 Å². The standard InChI is InChI=1S/C29H41O5S/c1-21(2)35(29(3,4)5)33-18-10-14-26(31)25(30)13-9-17-32-24-16-15-23-19-27(34-28(23)20-24)22-11-7-6-8-12-22/h6-8,11-12,15-16,19-21,25-26,30-31H,9-10,13-14,17-18H2,1-5H3/q+1. The monoisotopic (exact) mass is 501 g/mol. The fourth-order valence-electron chi connectivity index (χ4n) is 4.17. The normalized spacial score (nSPS) is 14.9. The van der Waals surface area contributed by atoms with Gasteiger partial charge < -0.3 is 19.4 Å². The molecule has 0 aliphatic carbocycles. The van der Waals surface area contributed by atoms with E-state index >= 15 is 0 Å². The van der Waals surface area contributed by atoms with Crippen LogP contribution in [0.15, 0.2) is 59.0 Å². The van der Waals surface area contributed by atoms with Crippen molar-refractivity contribution in [3.8, 4) is 17.1 Å². The summed E-state index contributed by atoms with van der Waals surface area (Å²) < 4.78 is 18.1. The molecule has 0 fully saturated rings. The number of aliphatic hydroxyl groups excluding tert-OH is 2. The molecule has 0 aliphatic rings. The molecule has 0 radical (unpaired) electrons. The maximum Gasteiger partial charge on any atom is 0.154 e. The zero-order valence-electron chi connectivity index (χ0n) is 21.7. The fourth-order valence-corrected chi connectivity index (χ4v) is 6.51. The average Bonchev–Trinajstić information content (AvgIpc) is 3.24. The Balaban J connectivity index is 1.37. The molecule has 0 bridgehead atoms. The van der Waals surface area contributed by atoms with E-state index < -0.39 is 12.2 Å². The molecule has 3 atom stereocenters. The van der Waals surface area contributed by atoms with Gasteiger partial charge in [-0.3, -0.25) is 0 Å². The number of hydrogen-bond donors (Lipinski definition) is 2. The van der Waals surface area contributed by atoms with Gasteiger partial charge in [-0.05, 0) is 78.5 Å². The number of rotatable bonds is 13. The van der Waals surface area contributed by atoms with Gasteiger partial charge in [-0.25, -0.2) is 0 Å². The molecule has 0 spiro atoms. The first kappa shape index (κ1) is 27.6. The van der Waals surface area contributed by atoms with Gasteiger partial charge in [0.2, 0.25) is 0 Å². The second kappa shape index (κ2) is 12.8. The van der Waals surface area contributed by atoms with Gasteiger partial charge in [-0.1, -0.05) is 30.3 Å². The zero-order chi connectivity index (χ0) is 25.4. The van der Waals surface area contributed by atoms with E-state index in [-0.39, 0.29) is 15.9 Å². The summed E-state index contributed by atoms with van der Waals surface area (Å²) in [5.74, 6) is 1.57. The molecule has 1 heterocycles. The predicted molar refractivity (Wildman–Crippen MR) is 146 cm³/mol. The molecule has 35 heavy (non-hydrogen) atoms. The van der Waals surface area contributed by atoms with Gasteiger partial charge >= 0.3 is 0 Å². The van der Waals surface area contributed by atoms with Crippen molar-refractivity contribution in [3.63, 3.8) is 0 Å². The lowest BCUT2D eigenvalue weighted by atomic mass is 10.0. The lowest BCUT2D eigenvalue weighted by molar-refractivity contribution is 0.00453. The van der Waals surface area contributed by atoms with Gasteiger partial charge in [-0.2, -0.15) is 4.18 Å². The Hall–Kier alpha value is -1.99. The second-order valence-corrected chi connectivity index (χ2v) is 13.2. The minimum atomic E-state index is -0.759. The summed E-state index contributed by atoms with van der Waals surface area (Å²) in [5, 5.41) is 22.2. The van der Waals surface area contributed by atoms with Gasteiger partial charge in [0.05, 0.1) is 18.8 Å². The summed E-state index contributed by atoms with van der Waals surface area (Å²) >= 11 is -0.128. The van der Waals surface area contributed by atoms with Crippen molar-refractivity contribution in [1.82, 2.24) is 0 Å². The Bertz CT molecular complexity index is 1020. The third-order valence-electron chi connectivity index (χ3n) is 5.79. The van der Waals surface area contributed by atoms with E-state index in [2.05, 4.69) is 34.6 Å². The zero-order valence-corrected chi connectivity index (χ0v) is 22.5. The summed E-state index contributed by atoms with van der Waals surface area (Å²) in [4.78, 5) is 0. The van der Waals surface area contributed by atoms with E-state index in [1.165, 1.54) is 0 Å². The molecule has 2 aromatic carbocycles. The molecule has 0 amide bonds. The van der Waals surface area contributed by atoms with Crippen LogP contribution < -0.4 is 4.74 Å². The highest BCUT2D eigenvalue weighted by molar-refractivity contribution is 7.94. The molecule has 0 saturated heterocycles. The van der Waals surface area contributed by atoms with Crippen LogP contribution in [-0.2, 0) is 15.4 Å². The van der Waals surface area contributed by atoms with Crippen LogP contribution in [0.3, 0.4) is 0 Å². The summed E-state index contributed by atoms with van der Waals surface area (Å²) in [6.45, 7) is 12.0. The van der Waals surface area contributed by atoms with Gasteiger partial charge in [0.15, 0.2) is 15.9 Å². The minimum absolute atomic E-state index is 0.109. The SMILES string of the molecule is CC(C)[S+](OCCCC(O)C(O)CCCOc1ccc2cc(-c3ccccc3)oc2c1)C(C)(C)C. The molecule has 0 aliphatic heterocycles. The van der Waals surface area contributed by atoms with Gasteiger partial charge in [0.1, 0.15) is 28.9 Å². The number of benzene rings is 2. The fraction of sp³-hybridized carbons (Fsp3) is 0.517. The Morgan fingerprint density at radius 2 is 1.54 bits per heavy atom. The smallest absolute Gasteiger partial charge is 0.154 e. The lowest BCUT2D eigenvalue weighted by Gasteiger charge is -2.22. The summed E-state index contributed by atoms with van der Waals surface area (Å²) in [6, 6.07) is 17.9. The third kappa shape index (κ3) is 8.28. The molecule has 0 saturated carbocycles. The highest BCUT2D eigenvalue weighted by atomic mass is 32.2. The maximum atomic E-state index is 10.3. The number of hydrogen-bond acceptors (Lipinski definition) is 5. The summed E-state index contributed by atoms with van der Waals surface area (Å²) in [7, 11) is 0. The van der Waals surface area contributed by atoms with Crippen LogP contribution >= 0.6 is 0 Å². The van der Waals surface area contributed by atoms with Crippen LogP contribution in [0, 0.1) is 0 Å². The van der Waals surface area contributed by atoms with Crippen molar-refractivity contribution in [3.05, 3.63) is 54.6 Å². The minimum Gasteiger partial charge on any atom is -0.493 e. The summed E-state index contributed by atoms with van der Waals surface area (Å²) in [6.07, 6.45) is 0.897. The number of fused-ring (bicyclic) bond motifs is 1. The van der Waals surface area contributed by atoms with Crippen LogP contribution in [0.2, 0.25) is 0 Å². The van der Waals surface area contributed by atoms with Crippen molar-refractivity contribution >= 4 is 22.1 Å². The first-order valence-corrected chi connectivity index (χ1v) is 13.8. The Morgan fingerprint density at radius 3 is 2.17 bits per heavy atom. The summed E-state index contributed by atoms with van der Waals surface area (Å²) in [5.41, 5.74) is 1.82. The van der Waals surface area contributed by atoms with Gasteiger partial charge in [-0.15, -0.1) is 0 Å². The Kier molecular flexibility index (Phi) is 10.1. The highest BCUT2D eigenvalue weighted by Crippen LogP contribution is 2.30. The van der Waals surface area contributed by atoms with Crippen molar-refractivity contribution in [1.29, 1.82) is 0 Å². The predicted octanol–water partition coefficient (Wildman–Crippen LogP) is 6.52. The van der Waals surface area contributed by atoms with Crippen molar-refractivity contribution in [2.45, 2.75) is 82.5 Å². The quantitative estimate of drug-likeness (QED) is 0.206. The van der Waals surface area contributed by atoms with E-state index in [9.17, 15) is 10.2 Å². The molecule has 2 N–H and O–H groups in total. The number of aliphatic hydroxyl groups is 2. The second-order valence-electron chi connectivity index (χ2n) is 10.2. The first-order chi connectivity index (χ1) is 16.6. The molecular formula is C29H41O5S+. The number of ether oxygens (including phenoxy) is 1. The Morgan fingerprint density at radius 1 is 0.886 bits per heavy atom. The number of furan rings is 1. The lowest BCUT2D eigenvalue weighted by Crippen LogP contribution is -2.37. The molecule has 3 aromatic rings.